The third kappa shape index (κ3) is 6.77. The van der Waals surface area contributed by atoms with Gasteiger partial charge in [0.05, 0.1) is 24.0 Å². The van der Waals surface area contributed by atoms with Crippen LogP contribution in [0.3, 0.4) is 0 Å². The van der Waals surface area contributed by atoms with Crippen molar-refractivity contribution >= 4 is 5.91 Å². The Balaban J connectivity index is 1.81. The molecule has 16 heteroatoms. The van der Waals surface area contributed by atoms with Crippen LogP contribution in [0.25, 0.3) is 5.95 Å². The lowest BCUT2D eigenvalue weighted by molar-refractivity contribution is -0.137. The third-order valence-corrected chi connectivity index (χ3v) is 4.21. The molecule has 0 spiro atoms. The summed E-state index contributed by atoms with van der Waals surface area (Å²) < 4.78 is 98.8. The molecular formula is C19H15F7N6O3. The van der Waals surface area contributed by atoms with E-state index < -0.39 is 54.6 Å². The van der Waals surface area contributed by atoms with Crippen molar-refractivity contribution in [2.75, 3.05) is 6.61 Å². The highest BCUT2D eigenvalue weighted by molar-refractivity contribution is 5.95. The van der Waals surface area contributed by atoms with Gasteiger partial charge in [0.1, 0.15) is 18.7 Å². The number of nitrogens with zero attached hydrogens (tertiary/aromatic N) is 5. The van der Waals surface area contributed by atoms with E-state index in [-0.39, 0.29) is 17.5 Å². The number of amides is 1. The molecule has 3 rings (SSSR count). The van der Waals surface area contributed by atoms with Crippen LogP contribution >= 0.6 is 0 Å². The Bertz CT molecular complexity index is 1150. The molecule has 1 N–H and O–H groups in total. The maximum atomic E-state index is 13.2. The second-order valence-electron chi connectivity index (χ2n) is 6.77. The summed E-state index contributed by atoms with van der Waals surface area (Å²) >= 11 is 0. The number of hydrogen-bond acceptors (Lipinski definition) is 7. The number of hydrogen-bond donors (Lipinski definition) is 1. The van der Waals surface area contributed by atoms with Crippen molar-refractivity contribution in [2.24, 2.45) is 0 Å². The van der Waals surface area contributed by atoms with Crippen molar-refractivity contribution in [3.8, 4) is 17.4 Å². The number of alkyl halides is 7. The molecule has 0 aliphatic carbocycles. The van der Waals surface area contributed by atoms with Crippen LogP contribution in [0.15, 0.2) is 36.9 Å². The number of halogens is 7. The lowest BCUT2D eigenvalue weighted by atomic mass is 10.1. The van der Waals surface area contributed by atoms with E-state index in [1.807, 2.05) is 0 Å². The van der Waals surface area contributed by atoms with Crippen molar-refractivity contribution in [2.45, 2.75) is 32.2 Å². The van der Waals surface area contributed by atoms with Crippen LogP contribution in [0, 0.1) is 0 Å². The highest BCUT2D eigenvalue weighted by atomic mass is 19.4. The normalized spacial score (nSPS) is 12.6. The van der Waals surface area contributed by atoms with Gasteiger partial charge in [-0.25, -0.2) is 23.7 Å². The average Bonchev–Trinajstić information content (AvgIpc) is 3.27. The maximum absolute atomic E-state index is 13.2. The van der Waals surface area contributed by atoms with Gasteiger partial charge in [0, 0.05) is 5.56 Å². The molecule has 9 nitrogen and oxygen atoms in total. The molecule has 0 saturated heterocycles. The van der Waals surface area contributed by atoms with Gasteiger partial charge < -0.3 is 14.8 Å². The summed E-state index contributed by atoms with van der Waals surface area (Å²) in [6.07, 6.45) is -4.83. The van der Waals surface area contributed by atoms with Crippen LogP contribution in [-0.2, 0) is 6.18 Å². The summed E-state index contributed by atoms with van der Waals surface area (Å²) in [5.41, 5.74) is -1.78. The van der Waals surface area contributed by atoms with Crippen LogP contribution in [0.1, 0.15) is 34.7 Å². The standard InChI is InChI=1S/C19H15F7N6O3/c1-9(15-29-8-30-32(15)18-27-5-13(6-28-18)35-17(22)23)31-16(33)10-2-11(19(24,25)26)4-12(3-10)34-7-14(20)21/h2-6,8-9,14,17H,7H2,1H3,(H,31,33). The predicted molar refractivity (Wildman–Crippen MR) is 102 cm³/mol. The summed E-state index contributed by atoms with van der Waals surface area (Å²) in [4.78, 5) is 24.2. The molecule has 2 heterocycles. The molecule has 1 atom stereocenters. The molecule has 188 valence electrons. The number of ether oxygens (including phenoxy) is 2. The van der Waals surface area contributed by atoms with Crippen LogP contribution in [0.4, 0.5) is 30.7 Å². The minimum Gasteiger partial charge on any atom is -0.488 e. The first kappa shape index (κ1) is 25.6. The van der Waals surface area contributed by atoms with Crippen LogP contribution in [0.5, 0.6) is 11.5 Å². The first-order valence-corrected chi connectivity index (χ1v) is 9.55. The van der Waals surface area contributed by atoms with Gasteiger partial charge >= 0.3 is 12.8 Å². The first-order chi connectivity index (χ1) is 16.4. The first-order valence-electron chi connectivity index (χ1n) is 9.55. The minimum absolute atomic E-state index is 0.0435. The fourth-order valence-electron chi connectivity index (χ4n) is 2.76. The zero-order valence-corrected chi connectivity index (χ0v) is 17.5. The summed E-state index contributed by atoms with van der Waals surface area (Å²) in [5.74, 6) is -1.97. The van der Waals surface area contributed by atoms with Crippen LogP contribution in [0.2, 0.25) is 0 Å². The molecular weight excluding hydrogens is 493 g/mol. The second-order valence-corrected chi connectivity index (χ2v) is 6.77. The number of carbonyl (C=O) groups excluding carboxylic acids is 1. The van der Waals surface area contributed by atoms with E-state index in [9.17, 15) is 35.5 Å². The zero-order chi connectivity index (χ0) is 25.8. The van der Waals surface area contributed by atoms with E-state index in [2.05, 4.69) is 34.8 Å². The third-order valence-electron chi connectivity index (χ3n) is 4.21. The van der Waals surface area contributed by atoms with Gasteiger partial charge in [-0.05, 0) is 25.1 Å². The van der Waals surface area contributed by atoms with Gasteiger partial charge in [-0.3, -0.25) is 4.79 Å². The molecule has 0 bridgehead atoms. The Hall–Kier alpha value is -3.98. The number of aromatic nitrogens is 5. The van der Waals surface area contributed by atoms with Gasteiger partial charge in [0.2, 0.25) is 0 Å². The van der Waals surface area contributed by atoms with E-state index in [1.165, 1.54) is 6.92 Å². The van der Waals surface area contributed by atoms with Crippen LogP contribution < -0.4 is 14.8 Å². The SMILES string of the molecule is CC(NC(=O)c1cc(OCC(F)F)cc(C(F)(F)F)c1)c1ncnn1-c1ncc(OC(F)F)cn1. The Kier molecular flexibility index (Phi) is 7.71. The van der Waals surface area contributed by atoms with Crippen molar-refractivity contribution in [1.82, 2.24) is 30.0 Å². The van der Waals surface area contributed by atoms with E-state index >= 15 is 0 Å². The summed E-state index contributed by atoms with van der Waals surface area (Å²) in [6.45, 7) is -2.82. The van der Waals surface area contributed by atoms with Gasteiger partial charge in [0.25, 0.3) is 18.3 Å². The summed E-state index contributed by atoms with van der Waals surface area (Å²) in [5, 5.41) is 6.28. The monoisotopic (exact) mass is 508 g/mol. The molecule has 3 aromatic rings. The number of rotatable bonds is 9. The highest BCUT2D eigenvalue weighted by Crippen LogP contribution is 2.33. The summed E-state index contributed by atoms with van der Waals surface area (Å²) in [6, 6.07) is 0.950. The molecule has 2 aromatic heterocycles. The Morgan fingerprint density at radius 2 is 1.74 bits per heavy atom. The molecule has 35 heavy (non-hydrogen) atoms. The number of benzene rings is 1. The van der Waals surface area contributed by atoms with Crippen molar-refractivity contribution < 1.29 is 45.0 Å². The zero-order valence-electron chi connectivity index (χ0n) is 17.5. The van der Waals surface area contributed by atoms with Crippen molar-refractivity contribution in [3.63, 3.8) is 0 Å². The quantitative estimate of drug-likeness (QED) is 0.439. The van der Waals surface area contributed by atoms with Gasteiger partial charge in [-0.1, -0.05) is 0 Å². The maximum Gasteiger partial charge on any atom is 0.416 e. The van der Waals surface area contributed by atoms with E-state index in [0.717, 1.165) is 29.5 Å². The minimum atomic E-state index is -4.87. The Morgan fingerprint density at radius 1 is 1.06 bits per heavy atom. The number of nitrogens with one attached hydrogen (secondary N) is 1. The topological polar surface area (TPSA) is 104 Å². The van der Waals surface area contributed by atoms with Crippen LogP contribution in [-0.4, -0.2) is 50.3 Å². The largest absolute Gasteiger partial charge is 0.488 e. The smallest absolute Gasteiger partial charge is 0.416 e. The fourth-order valence-corrected chi connectivity index (χ4v) is 2.76. The van der Waals surface area contributed by atoms with E-state index in [0.29, 0.717) is 12.1 Å². The molecule has 0 radical (unpaired) electrons. The lowest BCUT2D eigenvalue weighted by Crippen LogP contribution is -2.29. The molecule has 0 aliphatic rings. The molecule has 0 aliphatic heterocycles. The molecule has 0 saturated carbocycles. The van der Waals surface area contributed by atoms with Gasteiger partial charge in [0.15, 0.2) is 11.6 Å². The average molecular weight is 508 g/mol. The lowest BCUT2D eigenvalue weighted by Gasteiger charge is -2.16. The van der Waals surface area contributed by atoms with Crippen molar-refractivity contribution in [1.29, 1.82) is 0 Å². The summed E-state index contributed by atoms with van der Waals surface area (Å²) in [7, 11) is 0. The van der Waals surface area contributed by atoms with Gasteiger partial charge in [-0.2, -0.15) is 31.7 Å². The highest BCUT2D eigenvalue weighted by Gasteiger charge is 2.32. The fraction of sp³-hybridized carbons (Fsp3) is 0.316. The van der Waals surface area contributed by atoms with E-state index in [4.69, 9.17) is 0 Å². The Morgan fingerprint density at radius 3 is 2.34 bits per heavy atom. The molecule has 1 amide bonds. The molecule has 1 unspecified atom stereocenters. The van der Waals surface area contributed by atoms with Gasteiger partial charge in [-0.15, -0.1) is 0 Å². The predicted octanol–water partition coefficient (Wildman–Crippen LogP) is 3.81. The second kappa shape index (κ2) is 10.5. The van der Waals surface area contributed by atoms with Crippen molar-refractivity contribution in [3.05, 3.63) is 53.9 Å². The van der Waals surface area contributed by atoms with E-state index in [1.54, 1.807) is 0 Å². The number of carbonyl (C=O) groups is 1. The molecule has 0 fully saturated rings. The Labute approximate surface area is 191 Å². The molecule has 1 aromatic carbocycles.